The quantitative estimate of drug-likeness (QED) is 0.450. The molecule has 4 heterocycles. The Kier molecular flexibility index (Phi) is 6.56. The Labute approximate surface area is 204 Å². The maximum Gasteiger partial charge on any atom is 0.245 e. The van der Waals surface area contributed by atoms with Crippen molar-refractivity contribution >= 4 is 38.5 Å². The van der Waals surface area contributed by atoms with E-state index in [0.717, 1.165) is 31.1 Å². The molecular formula is C23H30N8O3S. The van der Waals surface area contributed by atoms with Gasteiger partial charge in [0.05, 0.1) is 23.8 Å². The number of nitrogens with zero attached hydrogens (tertiary/aromatic N) is 5. The molecule has 2 atom stereocenters. The van der Waals surface area contributed by atoms with Crippen LogP contribution in [0.3, 0.4) is 0 Å². The van der Waals surface area contributed by atoms with Gasteiger partial charge in [-0.1, -0.05) is 12.1 Å². The van der Waals surface area contributed by atoms with Gasteiger partial charge in [0, 0.05) is 31.7 Å². The van der Waals surface area contributed by atoms with Gasteiger partial charge in [-0.25, -0.2) is 18.4 Å². The van der Waals surface area contributed by atoms with Crippen LogP contribution in [0.2, 0.25) is 0 Å². The van der Waals surface area contributed by atoms with Gasteiger partial charge < -0.3 is 15.5 Å². The number of rotatable bonds is 7. The van der Waals surface area contributed by atoms with Crippen LogP contribution in [0.15, 0.2) is 41.7 Å². The van der Waals surface area contributed by atoms with E-state index in [1.54, 1.807) is 30.5 Å². The molecule has 2 fully saturated rings. The van der Waals surface area contributed by atoms with E-state index in [-0.39, 0.29) is 29.4 Å². The number of anilines is 2. The monoisotopic (exact) mass is 498 g/mol. The smallest absolute Gasteiger partial charge is 0.245 e. The van der Waals surface area contributed by atoms with Gasteiger partial charge in [0.2, 0.25) is 15.9 Å². The highest BCUT2D eigenvalue weighted by Gasteiger charge is 2.32. The third-order valence-corrected chi connectivity index (χ3v) is 8.84. The molecule has 5 rings (SSSR count). The first-order chi connectivity index (χ1) is 16.9. The lowest BCUT2D eigenvalue weighted by Crippen LogP contribution is -2.53. The number of amides is 1. The SMILES string of the molecule is CC1C(Nc2ncnc3[nH]ncc23)CCCN1C(=O)CNc1ccccc1S(=O)(=O)N1CCCC1. The summed E-state index contributed by atoms with van der Waals surface area (Å²) in [6.45, 7) is 3.76. The Balaban J connectivity index is 1.26. The predicted octanol–water partition coefficient (Wildman–Crippen LogP) is 2.04. The van der Waals surface area contributed by atoms with Crippen molar-refractivity contribution in [3.8, 4) is 0 Å². The highest BCUT2D eigenvalue weighted by molar-refractivity contribution is 7.89. The summed E-state index contributed by atoms with van der Waals surface area (Å²) in [5, 5.41) is 14.2. The minimum atomic E-state index is -3.59. The second-order valence-electron chi connectivity index (χ2n) is 9.04. The number of nitrogens with one attached hydrogen (secondary N) is 3. The lowest BCUT2D eigenvalue weighted by Gasteiger charge is -2.40. The molecule has 0 aliphatic carbocycles. The summed E-state index contributed by atoms with van der Waals surface area (Å²) in [7, 11) is -3.59. The van der Waals surface area contributed by atoms with Gasteiger partial charge in [-0.05, 0) is 44.7 Å². The van der Waals surface area contributed by atoms with Crippen LogP contribution >= 0.6 is 0 Å². The van der Waals surface area contributed by atoms with E-state index >= 15 is 0 Å². The zero-order valence-corrected chi connectivity index (χ0v) is 20.5. The first kappa shape index (κ1) is 23.5. The summed E-state index contributed by atoms with van der Waals surface area (Å²) in [5.41, 5.74) is 1.11. The fourth-order valence-corrected chi connectivity index (χ4v) is 6.61. The van der Waals surface area contributed by atoms with Crippen molar-refractivity contribution in [2.75, 3.05) is 36.8 Å². The van der Waals surface area contributed by atoms with E-state index in [0.29, 0.717) is 36.8 Å². The van der Waals surface area contributed by atoms with Crippen LogP contribution in [-0.2, 0) is 14.8 Å². The topological polar surface area (TPSA) is 136 Å². The number of para-hydroxylation sites is 1. The van der Waals surface area contributed by atoms with Crippen LogP contribution in [0.1, 0.15) is 32.6 Å². The molecule has 2 aliphatic heterocycles. The summed E-state index contributed by atoms with van der Waals surface area (Å²) >= 11 is 0. The first-order valence-corrected chi connectivity index (χ1v) is 13.4. The standard InChI is InChI=1S/C23H30N8O3S/c1-16-18(28-22-17-13-27-29-23(17)26-15-25-22)8-6-12-31(16)21(32)14-24-19-7-2-3-9-20(19)35(33,34)30-10-4-5-11-30/h2-3,7,9,13,15-16,18,24H,4-6,8,10-12,14H2,1H3,(H2,25,26,27,28,29). The number of fused-ring (bicyclic) bond motifs is 1. The molecule has 2 saturated heterocycles. The lowest BCUT2D eigenvalue weighted by atomic mass is 9.97. The molecule has 0 spiro atoms. The predicted molar refractivity (Wildman–Crippen MR) is 132 cm³/mol. The number of carbonyl (C=O) groups excluding carboxylic acids is 1. The van der Waals surface area contributed by atoms with Gasteiger partial charge in [-0.2, -0.15) is 9.40 Å². The number of piperidine rings is 1. The van der Waals surface area contributed by atoms with Crippen molar-refractivity contribution < 1.29 is 13.2 Å². The van der Waals surface area contributed by atoms with E-state index in [2.05, 4.69) is 30.8 Å². The van der Waals surface area contributed by atoms with Crippen molar-refractivity contribution in [1.82, 2.24) is 29.4 Å². The van der Waals surface area contributed by atoms with Gasteiger partial charge in [-0.15, -0.1) is 0 Å². The van der Waals surface area contributed by atoms with E-state index in [9.17, 15) is 13.2 Å². The summed E-state index contributed by atoms with van der Waals surface area (Å²) in [6, 6.07) is 6.75. The Morgan fingerprint density at radius 1 is 1.14 bits per heavy atom. The third kappa shape index (κ3) is 4.67. The maximum atomic E-state index is 13.2. The van der Waals surface area contributed by atoms with Gasteiger partial charge in [0.15, 0.2) is 5.65 Å². The van der Waals surface area contributed by atoms with Crippen molar-refractivity contribution in [3.63, 3.8) is 0 Å². The van der Waals surface area contributed by atoms with Gasteiger partial charge in [0.1, 0.15) is 17.0 Å². The molecule has 2 unspecified atom stereocenters. The maximum absolute atomic E-state index is 13.2. The molecular weight excluding hydrogens is 468 g/mol. The number of aromatic amines is 1. The van der Waals surface area contributed by atoms with E-state index < -0.39 is 10.0 Å². The average molecular weight is 499 g/mol. The average Bonchev–Trinajstić information content (AvgIpc) is 3.57. The number of benzene rings is 1. The van der Waals surface area contributed by atoms with Gasteiger partial charge in [0.25, 0.3) is 0 Å². The van der Waals surface area contributed by atoms with Crippen LogP contribution in [0.5, 0.6) is 0 Å². The number of likely N-dealkylation sites (tertiary alicyclic amines) is 1. The van der Waals surface area contributed by atoms with Crippen LogP contribution in [0.25, 0.3) is 11.0 Å². The molecule has 0 bridgehead atoms. The number of aromatic nitrogens is 4. The molecule has 35 heavy (non-hydrogen) atoms. The molecule has 1 aromatic carbocycles. The minimum absolute atomic E-state index is 0.0169. The van der Waals surface area contributed by atoms with Crippen LogP contribution in [0, 0.1) is 0 Å². The number of H-pyrrole nitrogens is 1. The number of carbonyl (C=O) groups is 1. The van der Waals surface area contributed by atoms with Crippen molar-refractivity contribution in [2.45, 2.75) is 49.6 Å². The van der Waals surface area contributed by atoms with E-state index in [4.69, 9.17) is 0 Å². The Morgan fingerprint density at radius 3 is 2.77 bits per heavy atom. The fraction of sp³-hybridized carbons (Fsp3) is 0.478. The van der Waals surface area contributed by atoms with Crippen LogP contribution in [-0.4, -0.2) is 82.0 Å². The molecule has 0 radical (unpaired) electrons. The summed E-state index contributed by atoms with van der Waals surface area (Å²) in [5.74, 6) is 0.614. The second-order valence-corrected chi connectivity index (χ2v) is 10.9. The zero-order chi connectivity index (χ0) is 24.4. The number of hydrogen-bond donors (Lipinski definition) is 3. The largest absolute Gasteiger partial charge is 0.375 e. The Morgan fingerprint density at radius 2 is 1.94 bits per heavy atom. The Hall–Kier alpha value is -3.25. The van der Waals surface area contributed by atoms with E-state index in [1.807, 2.05) is 11.8 Å². The molecule has 3 N–H and O–H groups in total. The molecule has 3 aromatic rings. The van der Waals surface area contributed by atoms with Crippen molar-refractivity contribution in [3.05, 3.63) is 36.8 Å². The van der Waals surface area contributed by atoms with Crippen molar-refractivity contribution in [1.29, 1.82) is 0 Å². The molecule has 186 valence electrons. The normalized spacial score (nSPS) is 21.3. The fourth-order valence-electron chi connectivity index (χ4n) is 4.92. The minimum Gasteiger partial charge on any atom is -0.375 e. The van der Waals surface area contributed by atoms with Crippen LogP contribution in [0.4, 0.5) is 11.5 Å². The third-order valence-electron chi connectivity index (χ3n) is 6.88. The van der Waals surface area contributed by atoms with Crippen LogP contribution < -0.4 is 10.6 Å². The molecule has 0 saturated carbocycles. The summed E-state index contributed by atoms with van der Waals surface area (Å²) in [4.78, 5) is 23.8. The molecule has 12 heteroatoms. The number of hydrogen-bond acceptors (Lipinski definition) is 8. The highest BCUT2D eigenvalue weighted by atomic mass is 32.2. The molecule has 2 aromatic heterocycles. The summed E-state index contributed by atoms with van der Waals surface area (Å²) in [6.07, 6.45) is 6.67. The first-order valence-electron chi connectivity index (χ1n) is 12.0. The molecule has 1 amide bonds. The summed E-state index contributed by atoms with van der Waals surface area (Å²) < 4.78 is 27.7. The van der Waals surface area contributed by atoms with Gasteiger partial charge >= 0.3 is 0 Å². The molecule has 2 aliphatic rings. The van der Waals surface area contributed by atoms with Gasteiger partial charge in [-0.3, -0.25) is 9.89 Å². The van der Waals surface area contributed by atoms with Crippen molar-refractivity contribution in [2.24, 2.45) is 0 Å². The zero-order valence-electron chi connectivity index (χ0n) is 19.6. The van der Waals surface area contributed by atoms with E-state index in [1.165, 1.54) is 10.6 Å². The molecule has 11 nitrogen and oxygen atoms in total. The number of sulfonamides is 1. The lowest BCUT2D eigenvalue weighted by molar-refractivity contribution is -0.132. The highest BCUT2D eigenvalue weighted by Crippen LogP contribution is 2.28. The Bertz CT molecular complexity index is 1300. The second kappa shape index (κ2) is 9.78.